The molecule has 1 aromatic rings. The average molecular weight is 264 g/mol. The lowest BCUT2D eigenvalue weighted by Crippen LogP contribution is -2.03. The van der Waals surface area contributed by atoms with E-state index in [0.717, 1.165) is 12.8 Å². The van der Waals surface area contributed by atoms with Crippen LogP contribution in [0.25, 0.3) is 0 Å². The zero-order valence-corrected chi connectivity index (χ0v) is 10.7. The first-order chi connectivity index (χ1) is 8.68. The van der Waals surface area contributed by atoms with Crippen LogP contribution in [0.1, 0.15) is 37.7 Å². The van der Waals surface area contributed by atoms with Crippen LogP contribution in [-0.4, -0.2) is 4.92 Å². The zero-order valence-electron chi connectivity index (χ0n) is 9.99. The standard InChI is InChI=1S/C14H14ClNO2/c15-13-7-4-8-14(16(17)18)12(13)10-9-11-5-2-1-3-6-11/h4,7-8,11H,1-3,5-6H2. The smallest absolute Gasteiger partial charge is 0.258 e. The molecule has 18 heavy (non-hydrogen) atoms. The molecule has 3 nitrogen and oxygen atoms in total. The van der Waals surface area contributed by atoms with Crippen LogP contribution in [0.15, 0.2) is 18.2 Å². The van der Waals surface area contributed by atoms with Gasteiger partial charge in [-0.25, -0.2) is 0 Å². The van der Waals surface area contributed by atoms with Crippen molar-refractivity contribution < 1.29 is 4.92 Å². The first-order valence-electron chi connectivity index (χ1n) is 6.13. The fourth-order valence-corrected chi connectivity index (χ4v) is 2.43. The van der Waals surface area contributed by atoms with E-state index in [4.69, 9.17) is 11.6 Å². The highest BCUT2D eigenvalue weighted by atomic mass is 35.5. The van der Waals surface area contributed by atoms with Crippen molar-refractivity contribution in [2.75, 3.05) is 0 Å². The maximum atomic E-state index is 10.9. The third-order valence-electron chi connectivity index (χ3n) is 3.19. The second-order valence-electron chi connectivity index (χ2n) is 4.50. The highest BCUT2D eigenvalue weighted by Crippen LogP contribution is 2.26. The Bertz CT molecular complexity index is 510. The van der Waals surface area contributed by atoms with E-state index in [0.29, 0.717) is 16.5 Å². The van der Waals surface area contributed by atoms with Crippen molar-refractivity contribution in [3.63, 3.8) is 0 Å². The number of nitrogens with zero attached hydrogens (tertiary/aromatic N) is 1. The summed E-state index contributed by atoms with van der Waals surface area (Å²) in [6.45, 7) is 0. The fraction of sp³-hybridized carbons (Fsp3) is 0.429. The number of nitro benzene ring substituents is 1. The Morgan fingerprint density at radius 2 is 2.00 bits per heavy atom. The van der Waals surface area contributed by atoms with Crippen LogP contribution in [0, 0.1) is 27.9 Å². The normalized spacial score (nSPS) is 15.8. The maximum Gasteiger partial charge on any atom is 0.286 e. The largest absolute Gasteiger partial charge is 0.286 e. The van der Waals surface area contributed by atoms with Gasteiger partial charge >= 0.3 is 0 Å². The zero-order chi connectivity index (χ0) is 13.0. The molecule has 1 saturated carbocycles. The molecule has 0 atom stereocenters. The molecule has 2 rings (SSSR count). The molecule has 1 aromatic carbocycles. The van der Waals surface area contributed by atoms with E-state index < -0.39 is 4.92 Å². The molecule has 0 aromatic heterocycles. The Hall–Kier alpha value is -1.53. The Kier molecular flexibility index (Phi) is 4.22. The van der Waals surface area contributed by atoms with Gasteiger partial charge in [-0.05, 0) is 18.9 Å². The highest BCUT2D eigenvalue weighted by Gasteiger charge is 2.15. The average Bonchev–Trinajstić information content (AvgIpc) is 2.38. The number of halogens is 1. The molecule has 0 radical (unpaired) electrons. The van der Waals surface area contributed by atoms with Gasteiger partial charge in [0.1, 0.15) is 5.56 Å². The highest BCUT2D eigenvalue weighted by molar-refractivity contribution is 6.32. The van der Waals surface area contributed by atoms with E-state index >= 15 is 0 Å². The van der Waals surface area contributed by atoms with Crippen LogP contribution in [0.2, 0.25) is 5.02 Å². The Morgan fingerprint density at radius 1 is 1.28 bits per heavy atom. The van der Waals surface area contributed by atoms with Gasteiger partial charge in [0.2, 0.25) is 0 Å². The van der Waals surface area contributed by atoms with Crippen molar-refractivity contribution in [3.8, 4) is 11.8 Å². The number of benzene rings is 1. The maximum absolute atomic E-state index is 10.9. The number of rotatable bonds is 1. The quantitative estimate of drug-likeness (QED) is 0.433. The molecule has 94 valence electrons. The molecule has 1 fully saturated rings. The third kappa shape index (κ3) is 3.02. The number of hydrogen-bond donors (Lipinski definition) is 0. The lowest BCUT2D eigenvalue weighted by Gasteiger charge is -2.15. The summed E-state index contributed by atoms with van der Waals surface area (Å²) >= 11 is 5.98. The number of hydrogen-bond acceptors (Lipinski definition) is 2. The van der Waals surface area contributed by atoms with Gasteiger partial charge in [0, 0.05) is 12.0 Å². The summed E-state index contributed by atoms with van der Waals surface area (Å²) in [6, 6.07) is 4.66. The van der Waals surface area contributed by atoms with Crippen molar-refractivity contribution in [2.45, 2.75) is 32.1 Å². The predicted octanol–water partition coefficient (Wildman–Crippen LogP) is 4.18. The van der Waals surface area contributed by atoms with Crippen LogP contribution >= 0.6 is 11.6 Å². The molecular formula is C14H14ClNO2. The SMILES string of the molecule is O=[N+]([O-])c1cccc(Cl)c1C#CC1CCCCC1. The van der Waals surface area contributed by atoms with Crippen molar-refractivity contribution in [1.29, 1.82) is 0 Å². The van der Waals surface area contributed by atoms with Crippen molar-refractivity contribution >= 4 is 17.3 Å². The van der Waals surface area contributed by atoms with Crippen LogP contribution in [0.5, 0.6) is 0 Å². The molecule has 4 heteroatoms. The minimum absolute atomic E-state index is 0.00851. The summed E-state index contributed by atoms with van der Waals surface area (Å²) in [6.07, 6.45) is 5.84. The molecule has 0 saturated heterocycles. The molecule has 1 aliphatic carbocycles. The lowest BCUT2D eigenvalue weighted by molar-refractivity contribution is -0.385. The summed E-state index contributed by atoms with van der Waals surface area (Å²) in [4.78, 5) is 10.5. The summed E-state index contributed by atoms with van der Waals surface area (Å²) in [5.41, 5.74) is 0.334. The van der Waals surface area contributed by atoms with Gasteiger partial charge in [-0.3, -0.25) is 10.1 Å². The molecular weight excluding hydrogens is 250 g/mol. The number of nitro groups is 1. The molecule has 0 unspecified atom stereocenters. The Labute approximate surface area is 111 Å². The first-order valence-corrected chi connectivity index (χ1v) is 6.50. The first kappa shape index (κ1) is 12.9. The van der Waals surface area contributed by atoms with Crippen LogP contribution in [0.3, 0.4) is 0 Å². The van der Waals surface area contributed by atoms with Gasteiger partial charge in [-0.1, -0.05) is 48.8 Å². The Balaban J connectivity index is 2.27. The third-order valence-corrected chi connectivity index (χ3v) is 3.51. The van der Waals surface area contributed by atoms with E-state index in [1.807, 2.05) is 0 Å². The fourth-order valence-electron chi connectivity index (χ4n) is 2.21. The second-order valence-corrected chi connectivity index (χ2v) is 4.90. The van der Waals surface area contributed by atoms with E-state index in [1.54, 1.807) is 12.1 Å². The van der Waals surface area contributed by atoms with Crippen molar-refractivity contribution in [2.24, 2.45) is 5.92 Å². The topological polar surface area (TPSA) is 43.1 Å². The molecule has 0 heterocycles. The minimum Gasteiger partial charge on any atom is -0.258 e. The summed E-state index contributed by atoms with van der Waals surface area (Å²) in [7, 11) is 0. The van der Waals surface area contributed by atoms with E-state index in [1.165, 1.54) is 25.3 Å². The molecule has 0 aliphatic heterocycles. The predicted molar refractivity (Wildman–Crippen MR) is 71.6 cm³/mol. The van der Waals surface area contributed by atoms with Crippen LogP contribution in [0.4, 0.5) is 5.69 Å². The minimum atomic E-state index is -0.434. The van der Waals surface area contributed by atoms with Gasteiger partial charge in [0.15, 0.2) is 0 Å². The van der Waals surface area contributed by atoms with Crippen LogP contribution in [-0.2, 0) is 0 Å². The van der Waals surface area contributed by atoms with Gasteiger partial charge in [0.25, 0.3) is 5.69 Å². The second kappa shape index (κ2) is 5.88. The van der Waals surface area contributed by atoms with E-state index in [-0.39, 0.29) is 5.69 Å². The van der Waals surface area contributed by atoms with Gasteiger partial charge in [0.05, 0.1) is 9.95 Å². The molecule has 1 aliphatic rings. The molecule has 0 N–H and O–H groups in total. The van der Waals surface area contributed by atoms with Crippen molar-refractivity contribution in [1.82, 2.24) is 0 Å². The summed E-state index contributed by atoms with van der Waals surface area (Å²) in [5.74, 6) is 6.40. The van der Waals surface area contributed by atoms with Crippen LogP contribution < -0.4 is 0 Å². The van der Waals surface area contributed by atoms with Gasteiger partial charge in [-0.2, -0.15) is 0 Å². The van der Waals surface area contributed by atoms with Crippen molar-refractivity contribution in [3.05, 3.63) is 38.9 Å². The lowest BCUT2D eigenvalue weighted by atomic mass is 9.89. The van der Waals surface area contributed by atoms with E-state index in [2.05, 4.69) is 11.8 Å². The Morgan fingerprint density at radius 3 is 2.67 bits per heavy atom. The molecule has 0 bridgehead atoms. The molecule has 0 spiro atoms. The van der Waals surface area contributed by atoms with E-state index in [9.17, 15) is 10.1 Å². The molecule has 0 amide bonds. The summed E-state index contributed by atoms with van der Waals surface area (Å²) < 4.78 is 0. The van der Waals surface area contributed by atoms with Gasteiger partial charge < -0.3 is 0 Å². The van der Waals surface area contributed by atoms with Gasteiger partial charge in [-0.15, -0.1) is 0 Å². The summed E-state index contributed by atoms with van der Waals surface area (Å²) in [5, 5.41) is 11.3. The monoisotopic (exact) mass is 263 g/mol.